The Balaban J connectivity index is 2.28. The molecule has 0 aliphatic heterocycles. The zero-order valence-electron chi connectivity index (χ0n) is 9.52. The minimum absolute atomic E-state index is 0.125. The molecule has 0 spiro atoms. The lowest BCUT2D eigenvalue weighted by Crippen LogP contribution is -2.29. The van der Waals surface area contributed by atoms with Crippen molar-refractivity contribution >= 4 is 16.0 Å². The lowest BCUT2D eigenvalue weighted by atomic mass is 10.4. The maximum Gasteiger partial charge on any atom is 0.340 e. The van der Waals surface area contributed by atoms with Gasteiger partial charge in [0.1, 0.15) is 5.56 Å². The van der Waals surface area contributed by atoms with E-state index in [1.54, 1.807) is 0 Å². The Morgan fingerprint density at radius 3 is 2.84 bits per heavy atom. The summed E-state index contributed by atoms with van der Waals surface area (Å²) in [4.78, 5) is 10.9. The van der Waals surface area contributed by atoms with Gasteiger partial charge in [0.15, 0.2) is 10.9 Å². The van der Waals surface area contributed by atoms with E-state index in [0.717, 1.165) is 6.20 Å². The van der Waals surface area contributed by atoms with Crippen LogP contribution in [0.1, 0.15) is 29.1 Å². The Morgan fingerprint density at radius 1 is 1.53 bits per heavy atom. The third kappa shape index (κ3) is 2.58. The zero-order valence-corrected chi connectivity index (χ0v) is 10.3. The van der Waals surface area contributed by atoms with Gasteiger partial charge >= 0.3 is 5.97 Å². The smallest absolute Gasteiger partial charge is 0.340 e. The first-order valence-electron chi connectivity index (χ1n) is 4.94. The first kappa shape index (κ1) is 13.1. The van der Waals surface area contributed by atoms with Gasteiger partial charge in [-0.1, -0.05) is 5.21 Å². The predicted molar refractivity (Wildman–Crippen MR) is 58.5 cm³/mol. The van der Waals surface area contributed by atoms with Crippen molar-refractivity contribution in [2.24, 2.45) is 0 Å². The van der Waals surface area contributed by atoms with Gasteiger partial charge in [0, 0.05) is 0 Å². The van der Waals surface area contributed by atoms with E-state index in [4.69, 9.17) is 5.11 Å². The van der Waals surface area contributed by atoms with Crippen molar-refractivity contribution in [3.63, 3.8) is 0 Å². The molecule has 0 radical (unpaired) electrons. The molecule has 0 aromatic carbocycles. The van der Waals surface area contributed by atoms with E-state index in [1.807, 2.05) is 0 Å². The van der Waals surface area contributed by atoms with Crippen molar-refractivity contribution in [1.82, 2.24) is 35.5 Å². The van der Waals surface area contributed by atoms with Gasteiger partial charge in [0.25, 0.3) is 10.0 Å². The van der Waals surface area contributed by atoms with Gasteiger partial charge in [-0.3, -0.25) is 5.10 Å². The Kier molecular flexibility index (Phi) is 3.26. The second-order valence-electron chi connectivity index (χ2n) is 3.53. The highest BCUT2D eigenvalue weighted by Gasteiger charge is 2.27. The first-order valence-corrected chi connectivity index (χ1v) is 6.42. The van der Waals surface area contributed by atoms with Gasteiger partial charge in [-0.2, -0.15) is 15.0 Å². The number of H-pyrrole nitrogens is 2. The van der Waals surface area contributed by atoms with E-state index in [9.17, 15) is 13.2 Å². The molecular weight excluding hydrogens is 278 g/mol. The molecule has 11 nitrogen and oxygen atoms in total. The number of rotatable bonds is 5. The minimum Gasteiger partial charge on any atom is -0.478 e. The molecule has 2 aromatic heterocycles. The molecule has 12 heteroatoms. The fourth-order valence-electron chi connectivity index (χ4n) is 1.33. The number of aromatic nitrogens is 6. The molecule has 2 rings (SSSR count). The lowest BCUT2D eigenvalue weighted by Gasteiger charge is -2.09. The average Bonchev–Trinajstić information content (AvgIpc) is 3.00. The monoisotopic (exact) mass is 287 g/mol. The lowest BCUT2D eigenvalue weighted by molar-refractivity contribution is 0.0692. The molecule has 0 amide bonds. The van der Waals surface area contributed by atoms with Gasteiger partial charge in [-0.25, -0.2) is 13.2 Å². The van der Waals surface area contributed by atoms with Crippen molar-refractivity contribution in [2.75, 3.05) is 0 Å². The van der Waals surface area contributed by atoms with Crippen LogP contribution in [0.3, 0.4) is 0 Å². The number of sulfonamides is 1. The SMILES string of the molecule is CC(NS(=O)(=O)c1[nH]ncc1C(=O)O)c1nn[nH]n1. The van der Waals surface area contributed by atoms with Crippen LogP contribution < -0.4 is 4.72 Å². The first-order chi connectivity index (χ1) is 8.92. The second-order valence-corrected chi connectivity index (χ2v) is 5.18. The topological polar surface area (TPSA) is 167 Å². The molecule has 19 heavy (non-hydrogen) atoms. The van der Waals surface area contributed by atoms with Gasteiger partial charge in [-0.05, 0) is 6.92 Å². The second kappa shape index (κ2) is 4.74. The predicted octanol–water partition coefficient (Wildman–Crippen LogP) is -1.34. The van der Waals surface area contributed by atoms with E-state index in [2.05, 4.69) is 35.5 Å². The molecule has 102 valence electrons. The Morgan fingerprint density at radius 2 is 2.26 bits per heavy atom. The fraction of sp³-hybridized carbons (Fsp3) is 0.286. The summed E-state index contributed by atoms with van der Waals surface area (Å²) in [6.07, 6.45) is 0.913. The van der Waals surface area contributed by atoms with Gasteiger partial charge in [0.2, 0.25) is 0 Å². The number of carboxylic acid groups (broad SMARTS) is 1. The third-order valence-electron chi connectivity index (χ3n) is 2.18. The van der Waals surface area contributed by atoms with Crippen molar-refractivity contribution in [2.45, 2.75) is 18.0 Å². The van der Waals surface area contributed by atoms with E-state index < -0.39 is 32.6 Å². The summed E-state index contributed by atoms with van der Waals surface area (Å²) in [5.74, 6) is -1.28. The normalized spacial score (nSPS) is 13.3. The average molecular weight is 287 g/mol. The molecule has 0 saturated carbocycles. The summed E-state index contributed by atoms with van der Waals surface area (Å²) in [6.45, 7) is 1.49. The quantitative estimate of drug-likeness (QED) is 0.524. The van der Waals surface area contributed by atoms with Crippen LogP contribution in [0.25, 0.3) is 0 Å². The molecule has 0 fully saturated rings. The van der Waals surface area contributed by atoms with Crippen molar-refractivity contribution < 1.29 is 18.3 Å². The number of hydrogen-bond acceptors (Lipinski definition) is 7. The van der Waals surface area contributed by atoms with Crippen LogP contribution in [0, 0.1) is 0 Å². The maximum atomic E-state index is 12.0. The number of aromatic carboxylic acids is 1. The van der Waals surface area contributed by atoms with E-state index in [1.165, 1.54) is 6.92 Å². The molecule has 2 heterocycles. The number of carboxylic acids is 1. The molecule has 0 aliphatic carbocycles. The Hall–Kier alpha value is -2.34. The van der Waals surface area contributed by atoms with Gasteiger partial charge in [-0.15, -0.1) is 10.2 Å². The zero-order chi connectivity index (χ0) is 14.0. The van der Waals surface area contributed by atoms with Crippen molar-refractivity contribution in [3.8, 4) is 0 Å². The van der Waals surface area contributed by atoms with Crippen LogP contribution in [-0.4, -0.2) is 50.3 Å². The number of nitrogens with one attached hydrogen (secondary N) is 3. The molecule has 1 unspecified atom stereocenters. The number of hydrogen-bond donors (Lipinski definition) is 4. The molecule has 1 atom stereocenters. The molecule has 2 aromatic rings. The van der Waals surface area contributed by atoms with Crippen LogP contribution in [0.2, 0.25) is 0 Å². The molecule has 0 saturated heterocycles. The van der Waals surface area contributed by atoms with Crippen LogP contribution >= 0.6 is 0 Å². The number of carbonyl (C=O) groups is 1. The summed E-state index contributed by atoms with van der Waals surface area (Å²) in [6, 6.07) is -0.784. The van der Waals surface area contributed by atoms with Crippen LogP contribution in [0.5, 0.6) is 0 Å². The van der Waals surface area contributed by atoms with Crippen molar-refractivity contribution in [3.05, 3.63) is 17.6 Å². The largest absolute Gasteiger partial charge is 0.478 e. The van der Waals surface area contributed by atoms with E-state index in [0.29, 0.717) is 0 Å². The summed E-state index contributed by atoms with van der Waals surface area (Å²) in [5, 5.41) is 26.6. The highest BCUT2D eigenvalue weighted by Crippen LogP contribution is 2.15. The van der Waals surface area contributed by atoms with Gasteiger partial charge in [0.05, 0.1) is 12.2 Å². The number of tetrazole rings is 1. The Bertz CT molecular complexity index is 676. The highest BCUT2D eigenvalue weighted by molar-refractivity contribution is 7.89. The molecular formula is C7H9N7O4S. The maximum absolute atomic E-state index is 12.0. The standard InChI is InChI=1S/C7H9N7O4S/c1-3(5-9-13-14-10-5)12-19(17,18)6-4(7(15)16)2-8-11-6/h2-3,12H,1H3,(H,8,11)(H,15,16)(H,9,10,13,14). The van der Waals surface area contributed by atoms with Crippen LogP contribution in [0.15, 0.2) is 11.2 Å². The van der Waals surface area contributed by atoms with E-state index in [-0.39, 0.29) is 5.82 Å². The summed E-state index contributed by atoms with van der Waals surface area (Å²) in [7, 11) is -4.09. The number of nitrogens with zero attached hydrogens (tertiary/aromatic N) is 4. The third-order valence-corrected chi connectivity index (χ3v) is 3.70. The highest BCUT2D eigenvalue weighted by atomic mass is 32.2. The molecule has 0 bridgehead atoms. The summed E-state index contributed by atoms with van der Waals surface area (Å²) < 4.78 is 26.2. The molecule has 4 N–H and O–H groups in total. The minimum atomic E-state index is -4.09. The Labute approximate surface area is 106 Å². The van der Waals surface area contributed by atoms with Crippen molar-refractivity contribution in [1.29, 1.82) is 0 Å². The number of aromatic amines is 2. The van der Waals surface area contributed by atoms with E-state index >= 15 is 0 Å². The van der Waals surface area contributed by atoms with Crippen LogP contribution in [-0.2, 0) is 10.0 Å². The summed E-state index contributed by atoms with van der Waals surface area (Å²) >= 11 is 0. The fourth-order valence-corrected chi connectivity index (χ4v) is 2.62. The molecule has 0 aliphatic rings. The van der Waals surface area contributed by atoms with Gasteiger partial charge < -0.3 is 5.11 Å². The van der Waals surface area contributed by atoms with Crippen LogP contribution in [0.4, 0.5) is 0 Å². The summed E-state index contributed by atoms with van der Waals surface area (Å²) in [5.41, 5.74) is -0.451.